The number of alkyl halides is 1. The molecule has 1 aromatic heterocycles. The number of benzene rings is 1. The highest BCUT2D eigenvalue weighted by Crippen LogP contribution is 2.12. The standard InChI is InChI=1S/C13H14ClN3O2/c1-8(14)12(18)15-7-11-9-5-3-4-6-10(9)13(19)17(2)16-11/h3-6,8H,7H2,1-2H3,(H,15,18). The molecular weight excluding hydrogens is 266 g/mol. The van der Waals surface area contributed by atoms with Crippen molar-refractivity contribution in [3.05, 3.63) is 40.3 Å². The van der Waals surface area contributed by atoms with Gasteiger partial charge in [0, 0.05) is 12.4 Å². The van der Waals surface area contributed by atoms with Crippen molar-refractivity contribution >= 4 is 28.3 Å². The normalized spacial score (nSPS) is 12.4. The van der Waals surface area contributed by atoms with Crippen molar-refractivity contribution < 1.29 is 4.79 Å². The summed E-state index contributed by atoms with van der Waals surface area (Å²) in [7, 11) is 1.59. The fourth-order valence-electron chi connectivity index (χ4n) is 1.82. The number of hydrogen-bond donors (Lipinski definition) is 1. The van der Waals surface area contributed by atoms with Gasteiger partial charge in [0.1, 0.15) is 5.38 Å². The monoisotopic (exact) mass is 279 g/mol. The van der Waals surface area contributed by atoms with Crippen LogP contribution in [0.3, 0.4) is 0 Å². The lowest BCUT2D eigenvalue weighted by atomic mass is 10.1. The Hall–Kier alpha value is -1.88. The third kappa shape index (κ3) is 2.76. The second-order valence-electron chi connectivity index (χ2n) is 4.25. The summed E-state index contributed by atoms with van der Waals surface area (Å²) in [5.41, 5.74) is 0.486. The van der Waals surface area contributed by atoms with Crippen molar-refractivity contribution in [2.75, 3.05) is 0 Å². The van der Waals surface area contributed by atoms with Crippen molar-refractivity contribution in [2.45, 2.75) is 18.8 Å². The number of fused-ring (bicyclic) bond motifs is 1. The van der Waals surface area contributed by atoms with Gasteiger partial charge in [-0.3, -0.25) is 9.59 Å². The first-order valence-electron chi connectivity index (χ1n) is 5.87. The Kier molecular flexibility index (Phi) is 3.85. The molecule has 0 aliphatic heterocycles. The fourth-order valence-corrected chi connectivity index (χ4v) is 1.90. The van der Waals surface area contributed by atoms with Gasteiger partial charge in [0.05, 0.1) is 17.6 Å². The number of aromatic nitrogens is 2. The smallest absolute Gasteiger partial charge is 0.274 e. The van der Waals surface area contributed by atoms with Crippen molar-refractivity contribution in [3.8, 4) is 0 Å². The molecule has 0 radical (unpaired) electrons. The van der Waals surface area contributed by atoms with E-state index < -0.39 is 5.38 Å². The van der Waals surface area contributed by atoms with Crippen LogP contribution in [0.4, 0.5) is 0 Å². The minimum atomic E-state index is -0.598. The predicted molar refractivity (Wildman–Crippen MR) is 74.1 cm³/mol. The molecule has 1 heterocycles. The summed E-state index contributed by atoms with van der Waals surface area (Å²) in [4.78, 5) is 23.4. The molecule has 1 amide bonds. The molecule has 1 aromatic carbocycles. The first-order chi connectivity index (χ1) is 9.00. The van der Waals surface area contributed by atoms with Crippen LogP contribution in [0.25, 0.3) is 10.8 Å². The Bertz CT molecular complexity index is 679. The van der Waals surface area contributed by atoms with E-state index in [1.165, 1.54) is 4.68 Å². The quantitative estimate of drug-likeness (QED) is 0.858. The lowest BCUT2D eigenvalue weighted by Gasteiger charge is -2.10. The molecule has 0 fully saturated rings. The molecule has 19 heavy (non-hydrogen) atoms. The maximum atomic E-state index is 11.9. The number of carbonyl (C=O) groups is 1. The third-order valence-electron chi connectivity index (χ3n) is 2.82. The lowest BCUT2D eigenvalue weighted by molar-refractivity contribution is -0.120. The zero-order valence-electron chi connectivity index (χ0n) is 10.7. The minimum absolute atomic E-state index is 0.156. The molecule has 0 aliphatic rings. The van der Waals surface area contributed by atoms with Crippen molar-refractivity contribution in [1.29, 1.82) is 0 Å². The average Bonchev–Trinajstić information content (AvgIpc) is 2.40. The summed E-state index contributed by atoms with van der Waals surface area (Å²) in [6, 6.07) is 7.19. The molecular formula is C13H14ClN3O2. The van der Waals surface area contributed by atoms with Gasteiger partial charge in [-0.2, -0.15) is 5.10 Å². The van der Waals surface area contributed by atoms with Crippen LogP contribution in [-0.2, 0) is 18.4 Å². The molecule has 0 spiro atoms. The van der Waals surface area contributed by atoms with Crippen molar-refractivity contribution in [1.82, 2.24) is 15.1 Å². The zero-order chi connectivity index (χ0) is 14.0. The Morgan fingerprint density at radius 3 is 2.68 bits per heavy atom. The molecule has 5 nitrogen and oxygen atoms in total. The maximum Gasteiger partial charge on any atom is 0.274 e. The van der Waals surface area contributed by atoms with Gasteiger partial charge in [-0.05, 0) is 13.0 Å². The molecule has 1 atom stereocenters. The van der Waals surface area contributed by atoms with E-state index in [1.54, 1.807) is 26.1 Å². The highest BCUT2D eigenvalue weighted by molar-refractivity contribution is 6.30. The van der Waals surface area contributed by atoms with Crippen LogP contribution in [0.1, 0.15) is 12.6 Å². The van der Waals surface area contributed by atoms with Gasteiger partial charge in [-0.25, -0.2) is 4.68 Å². The van der Waals surface area contributed by atoms with Crippen LogP contribution in [0, 0.1) is 0 Å². The van der Waals surface area contributed by atoms with Crippen LogP contribution in [0.5, 0.6) is 0 Å². The number of aryl methyl sites for hydroxylation is 1. The number of rotatable bonds is 3. The van der Waals surface area contributed by atoms with Gasteiger partial charge in [-0.1, -0.05) is 18.2 Å². The van der Waals surface area contributed by atoms with E-state index in [9.17, 15) is 9.59 Å². The van der Waals surface area contributed by atoms with Crippen molar-refractivity contribution in [2.24, 2.45) is 7.05 Å². The molecule has 2 aromatic rings. The van der Waals surface area contributed by atoms with Crippen LogP contribution >= 0.6 is 11.6 Å². The van der Waals surface area contributed by atoms with Gasteiger partial charge in [0.15, 0.2) is 0 Å². The van der Waals surface area contributed by atoms with E-state index in [0.29, 0.717) is 11.1 Å². The molecule has 0 saturated heterocycles. The van der Waals surface area contributed by atoms with Gasteiger partial charge < -0.3 is 5.32 Å². The number of hydrogen-bond acceptors (Lipinski definition) is 3. The van der Waals surface area contributed by atoms with E-state index >= 15 is 0 Å². The lowest BCUT2D eigenvalue weighted by Crippen LogP contribution is -2.31. The molecule has 2 rings (SSSR count). The Morgan fingerprint density at radius 2 is 2.05 bits per heavy atom. The molecule has 6 heteroatoms. The van der Waals surface area contributed by atoms with E-state index in [1.807, 2.05) is 12.1 Å². The van der Waals surface area contributed by atoms with Crippen molar-refractivity contribution in [3.63, 3.8) is 0 Å². The summed E-state index contributed by atoms with van der Waals surface area (Å²) >= 11 is 5.68. The summed E-state index contributed by atoms with van der Waals surface area (Å²) in [6.07, 6.45) is 0. The Morgan fingerprint density at radius 1 is 1.42 bits per heavy atom. The topological polar surface area (TPSA) is 64.0 Å². The van der Waals surface area contributed by atoms with Crippen LogP contribution < -0.4 is 10.9 Å². The second-order valence-corrected chi connectivity index (χ2v) is 4.91. The molecule has 0 bridgehead atoms. The number of amides is 1. The average molecular weight is 280 g/mol. The SMILES string of the molecule is CC(Cl)C(=O)NCc1nn(C)c(=O)c2ccccc12. The number of nitrogens with one attached hydrogen (secondary N) is 1. The zero-order valence-corrected chi connectivity index (χ0v) is 11.4. The molecule has 0 saturated carbocycles. The summed E-state index contributed by atoms with van der Waals surface area (Å²) < 4.78 is 1.27. The Balaban J connectivity index is 2.41. The maximum absolute atomic E-state index is 11.9. The highest BCUT2D eigenvalue weighted by Gasteiger charge is 2.12. The fraction of sp³-hybridized carbons (Fsp3) is 0.308. The number of carbonyl (C=O) groups excluding carboxylic acids is 1. The van der Waals surface area contributed by atoms with E-state index in [0.717, 1.165) is 5.39 Å². The number of halogens is 1. The number of nitrogens with zero attached hydrogens (tertiary/aromatic N) is 2. The molecule has 1 unspecified atom stereocenters. The van der Waals surface area contributed by atoms with E-state index in [-0.39, 0.29) is 18.0 Å². The summed E-state index contributed by atoms with van der Waals surface area (Å²) in [5.74, 6) is -0.263. The largest absolute Gasteiger partial charge is 0.349 e. The van der Waals surface area contributed by atoms with Gasteiger partial charge in [-0.15, -0.1) is 11.6 Å². The van der Waals surface area contributed by atoms with Crippen LogP contribution in [0.2, 0.25) is 0 Å². The highest BCUT2D eigenvalue weighted by atomic mass is 35.5. The van der Waals surface area contributed by atoms with E-state index in [2.05, 4.69) is 10.4 Å². The Labute approximate surface area is 115 Å². The molecule has 0 aliphatic carbocycles. The summed E-state index contributed by atoms with van der Waals surface area (Å²) in [5, 5.41) is 7.60. The van der Waals surface area contributed by atoms with Crippen LogP contribution in [0.15, 0.2) is 29.1 Å². The first kappa shape index (κ1) is 13.5. The summed E-state index contributed by atoms with van der Waals surface area (Å²) in [6.45, 7) is 1.84. The van der Waals surface area contributed by atoms with Crippen LogP contribution in [-0.4, -0.2) is 21.1 Å². The third-order valence-corrected chi connectivity index (χ3v) is 3.02. The van der Waals surface area contributed by atoms with E-state index in [4.69, 9.17) is 11.6 Å². The molecule has 100 valence electrons. The second kappa shape index (κ2) is 5.40. The van der Waals surface area contributed by atoms with Gasteiger partial charge in [0.2, 0.25) is 5.91 Å². The predicted octanol–water partition coefficient (Wildman–Crippen LogP) is 1.18. The first-order valence-corrected chi connectivity index (χ1v) is 6.31. The molecule has 1 N–H and O–H groups in total. The van der Waals surface area contributed by atoms with Gasteiger partial charge >= 0.3 is 0 Å². The minimum Gasteiger partial charge on any atom is -0.349 e. The van der Waals surface area contributed by atoms with Gasteiger partial charge in [0.25, 0.3) is 5.56 Å².